The number of hydrogen-bond acceptors (Lipinski definition) is 4. The minimum absolute atomic E-state index is 0.339. The molecule has 94 valence electrons. The Bertz CT molecular complexity index is 365. The third kappa shape index (κ3) is 4.51. The Hall–Kier alpha value is -2.09. The smallest absolute Gasteiger partial charge is 0.328 e. The van der Waals surface area contributed by atoms with Gasteiger partial charge in [-0.3, -0.25) is 0 Å². The van der Waals surface area contributed by atoms with Crippen LogP contribution in [0, 0.1) is 0 Å². The molecule has 0 bridgehead atoms. The van der Waals surface area contributed by atoms with E-state index in [9.17, 15) is 9.59 Å². The monoisotopic (exact) mass is 242 g/mol. The van der Waals surface area contributed by atoms with E-state index in [1.54, 1.807) is 6.20 Å². The van der Waals surface area contributed by atoms with Crippen LogP contribution in [0.5, 0.6) is 0 Å². The number of aromatic nitrogens is 2. The highest BCUT2D eigenvalue weighted by molar-refractivity contribution is 5.82. The van der Waals surface area contributed by atoms with Gasteiger partial charge in [0.15, 0.2) is 6.04 Å². The standard InChI is InChI=1S/C9H14N4O4/c14-4-7(8(15)16)13-9(17)11-2-1-6-3-10-5-12-6/h3,5,7,14H,1-2,4H2,(H,10,12)(H,15,16)(H2,11,13,17)/t7-/m1/s1. The summed E-state index contributed by atoms with van der Waals surface area (Å²) >= 11 is 0. The number of carbonyl (C=O) groups excluding carboxylic acids is 1. The average molecular weight is 242 g/mol. The normalized spacial score (nSPS) is 11.8. The number of urea groups is 1. The Morgan fingerprint density at radius 3 is 2.82 bits per heavy atom. The molecule has 0 saturated carbocycles. The van der Waals surface area contributed by atoms with E-state index in [1.165, 1.54) is 6.33 Å². The lowest BCUT2D eigenvalue weighted by atomic mass is 10.3. The lowest BCUT2D eigenvalue weighted by Gasteiger charge is -2.12. The lowest BCUT2D eigenvalue weighted by Crippen LogP contribution is -2.48. The van der Waals surface area contributed by atoms with E-state index in [-0.39, 0.29) is 0 Å². The van der Waals surface area contributed by atoms with Crippen LogP contribution in [0.4, 0.5) is 4.79 Å². The number of nitrogens with zero attached hydrogens (tertiary/aromatic N) is 1. The van der Waals surface area contributed by atoms with Gasteiger partial charge in [-0.05, 0) is 0 Å². The third-order valence-corrected chi connectivity index (χ3v) is 2.02. The van der Waals surface area contributed by atoms with Crippen molar-refractivity contribution in [2.75, 3.05) is 13.2 Å². The number of aliphatic hydroxyl groups excluding tert-OH is 1. The SMILES string of the molecule is O=C(NCCc1cnc[nH]1)N[C@H](CO)C(=O)O. The summed E-state index contributed by atoms with van der Waals surface area (Å²) in [7, 11) is 0. The Morgan fingerprint density at radius 2 is 2.29 bits per heavy atom. The second kappa shape index (κ2) is 6.48. The summed E-state index contributed by atoms with van der Waals surface area (Å²) < 4.78 is 0. The Kier molecular flexibility index (Phi) is 4.95. The van der Waals surface area contributed by atoms with Crippen molar-refractivity contribution in [2.45, 2.75) is 12.5 Å². The molecule has 5 N–H and O–H groups in total. The van der Waals surface area contributed by atoms with Crippen molar-refractivity contribution in [3.8, 4) is 0 Å². The summed E-state index contributed by atoms with van der Waals surface area (Å²) in [6.45, 7) is -0.310. The number of nitrogens with one attached hydrogen (secondary N) is 3. The molecule has 8 heteroatoms. The average Bonchev–Trinajstić information content (AvgIpc) is 2.78. The molecule has 0 spiro atoms. The Balaban J connectivity index is 2.23. The van der Waals surface area contributed by atoms with Gasteiger partial charge in [0, 0.05) is 24.9 Å². The summed E-state index contributed by atoms with van der Waals surface area (Å²) in [5, 5.41) is 21.9. The fraction of sp³-hybridized carbons (Fsp3) is 0.444. The van der Waals surface area contributed by atoms with Crippen LogP contribution in [0.15, 0.2) is 12.5 Å². The largest absolute Gasteiger partial charge is 0.480 e. The van der Waals surface area contributed by atoms with Crippen LogP contribution in [0.1, 0.15) is 5.69 Å². The van der Waals surface area contributed by atoms with Crippen LogP contribution < -0.4 is 10.6 Å². The maximum absolute atomic E-state index is 11.2. The summed E-state index contributed by atoms with van der Waals surface area (Å²) in [6, 6.07) is -1.92. The van der Waals surface area contributed by atoms with Crippen LogP contribution in [0.2, 0.25) is 0 Å². The first kappa shape index (κ1) is 13.0. The number of hydrogen-bond donors (Lipinski definition) is 5. The number of aromatic amines is 1. The van der Waals surface area contributed by atoms with Gasteiger partial charge in [-0.25, -0.2) is 14.6 Å². The molecule has 0 radical (unpaired) electrons. The molecule has 0 aromatic carbocycles. The van der Waals surface area contributed by atoms with Crippen LogP contribution in [0.3, 0.4) is 0 Å². The van der Waals surface area contributed by atoms with Gasteiger partial charge in [0.05, 0.1) is 12.9 Å². The first-order valence-electron chi connectivity index (χ1n) is 4.98. The molecule has 2 amide bonds. The first-order chi connectivity index (χ1) is 8.13. The number of amides is 2. The van der Waals surface area contributed by atoms with Gasteiger partial charge in [-0.15, -0.1) is 0 Å². The van der Waals surface area contributed by atoms with E-state index in [0.717, 1.165) is 5.69 Å². The highest BCUT2D eigenvalue weighted by Gasteiger charge is 2.17. The fourth-order valence-electron chi connectivity index (χ4n) is 1.13. The zero-order valence-electron chi connectivity index (χ0n) is 9.01. The van der Waals surface area contributed by atoms with E-state index in [4.69, 9.17) is 10.2 Å². The molecule has 1 heterocycles. The number of carbonyl (C=O) groups is 2. The molecule has 0 aliphatic carbocycles. The van der Waals surface area contributed by atoms with Gasteiger partial charge in [0.1, 0.15) is 0 Å². The van der Waals surface area contributed by atoms with E-state index in [1.807, 2.05) is 0 Å². The quantitative estimate of drug-likeness (QED) is 0.423. The summed E-state index contributed by atoms with van der Waals surface area (Å²) in [5.41, 5.74) is 0.863. The van der Waals surface area contributed by atoms with Gasteiger partial charge in [0.2, 0.25) is 0 Å². The van der Waals surface area contributed by atoms with Crippen molar-refractivity contribution in [1.29, 1.82) is 0 Å². The molecule has 0 saturated heterocycles. The number of rotatable bonds is 6. The predicted molar refractivity (Wildman–Crippen MR) is 57.3 cm³/mol. The molecule has 0 aliphatic heterocycles. The summed E-state index contributed by atoms with van der Waals surface area (Å²) in [6.07, 6.45) is 3.72. The van der Waals surface area contributed by atoms with Crippen molar-refractivity contribution in [3.63, 3.8) is 0 Å². The molecule has 8 nitrogen and oxygen atoms in total. The molecular formula is C9H14N4O4. The second-order valence-corrected chi connectivity index (χ2v) is 3.30. The number of carboxylic acids is 1. The zero-order chi connectivity index (χ0) is 12.7. The van der Waals surface area contributed by atoms with Crippen molar-refractivity contribution >= 4 is 12.0 Å². The summed E-state index contributed by atoms with van der Waals surface area (Å²) in [4.78, 5) is 28.4. The first-order valence-corrected chi connectivity index (χ1v) is 4.98. The molecule has 0 unspecified atom stereocenters. The van der Waals surface area contributed by atoms with Gasteiger partial charge >= 0.3 is 12.0 Å². The number of carboxylic acid groups (broad SMARTS) is 1. The van der Waals surface area contributed by atoms with Crippen LogP contribution in [-0.4, -0.2) is 51.4 Å². The minimum Gasteiger partial charge on any atom is -0.480 e. The van der Waals surface area contributed by atoms with Crippen LogP contribution in [-0.2, 0) is 11.2 Å². The molecule has 1 aromatic rings. The summed E-state index contributed by atoms with van der Waals surface area (Å²) in [5.74, 6) is -1.28. The molecule has 17 heavy (non-hydrogen) atoms. The topological polar surface area (TPSA) is 127 Å². The van der Waals surface area contributed by atoms with E-state index < -0.39 is 24.6 Å². The van der Waals surface area contributed by atoms with E-state index in [0.29, 0.717) is 13.0 Å². The maximum Gasteiger partial charge on any atom is 0.328 e. The number of H-pyrrole nitrogens is 1. The van der Waals surface area contributed by atoms with E-state index >= 15 is 0 Å². The Morgan fingerprint density at radius 1 is 1.53 bits per heavy atom. The van der Waals surface area contributed by atoms with Crippen molar-refractivity contribution < 1.29 is 19.8 Å². The molecule has 0 fully saturated rings. The van der Waals surface area contributed by atoms with Crippen molar-refractivity contribution in [3.05, 3.63) is 18.2 Å². The number of aliphatic carboxylic acids is 1. The van der Waals surface area contributed by atoms with Gasteiger partial charge in [-0.2, -0.15) is 0 Å². The number of aliphatic hydroxyl groups is 1. The predicted octanol–water partition coefficient (Wildman–Crippen LogP) is -1.30. The maximum atomic E-state index is 11.2. The van der Waals surface area contributed by atoms with Crippen LogP contribution >= 0.6 is 0 Å². The zero-order valence-corrected chi connectivity index (χ0v) is 9.01. The van der Waals surface area contributed by atoms with Crippen molar-refractivity contribution in [1.82, 2.24) is 20.6 Å². The molecule has 1 rings (SSSR count). The lowest BCUT2D eigenvalue weighted by molar-refractivity contribution is -0.140. The van der Waals surface area contributed by atoms with Gasteiger partial charge < -0.3 is 25.8 Å². The highest BCUT2D eigenvalue weighted by atomic mass is 16.4. The van der Waals surface area contributed by atoms with Crippen LogP contribution in [0.25, 0.3) is 0 Å². The highest BCUT2D eigenvalue weighted by Crippen LogP contribution is 1.90. The number of imidazole rings is 1. The molecule has 1 atom stereocenters. The second-order valence-electron chi connectivity index (χ2n) is 3.30. The fourth-order valence-corrected chi connectivity index (χ4v) is 1.13. The van der Waals surface area contributed by atoms with Crippen molar-refractivity contribution in [2.24, 2.45) is 0 Å². The van der Waals surface area contributed by atoms with Gasteiger partial charge in [0.25, 0.3) is 0 Å². The van der Waals surface area contributed by atoms with Gasteiger partial charge in [-0.1, -0.05) is 0 Å². The third-order valence-electron chi connectivity index (χ3n) is 2.02. The van der Waals surface area contributed by atoms with E-state index in [2.05, 4.69) is 20.6 Å². The molecule has 1 aromatic heterocycles. The minimum atomic E-state index is -1.29. The molecule has 0 aliphatic rings. The molecular weight excluding hydrogens is 228 g/mol. The Labute approximate surface area is 97.1 Å².